The second-order valence-corrected chi connectivity index (χ2v) is 4.56. The summed E-state index contributed by atoms with van der Waals surface area (Å²) in [6, 6.07) is 6.60. The highest BCUT2D eigenvalue weighted by Crippen LogP contribution is 2.23. The Morgan fingerprint density at radius 1 is 1.37 bits per heavy atom. The number of ether oxygens (including phenoxy) is 1. The van der Waals surface area contributed by atoms with Gasteiger partial charge < -0.3 is 9.94 Å². The van der Waals surface area contributed by atoms with Crippen molar-refractivity contribution in [2.24, 2.45) is 5.16 Å². The van der Waals surface area contributed by atoms with Crippen molar-refractivity contribution < 1.29 is 14.9 Å². The minimum atomic E-state index is -0.393. The molecule has 102 valence electrons. The van der Waals surface area contributed by atoms with Crippen LogP contribution in [0.25, 0.3) is 0 Å². The lowest BCUT2D eigenvalue weighted by atomic mass is 9.96. The number of hydrogen-bond donors (Lipinski definition) is 1. The van der Waals surface area contributed by atoms with Crippen LogP contribution in [0.15, 0.2) is 29.4 Å². The first-order valence-corrected chi connectivity index (χ1v) is 6.24. The van der Waals surface area contributed by atoms with E-state index in [1.807, 2.05) is 0 Å². The molecule has 6 nitrogen and oxygen atoms in total. The van der Waals surface area contributed by atoms with Crippen molar-refractivity contribution in [3.63, 3.8) is 0 Å². The highest BCUT2D eigenvalue weighted by Gasteiger charge is 2.20. The van der Waals surface area contributed by atoms with Gasteiger partial charge in [-0.2, -0.15) is 0 Å². The van der Waals surface area contributed by atoms with Crippen LogP contribution in [-0.2, 0) is 11.3 Å². The molecular weight excluding hydrogens is 248 g/mol. The number of para-hydroxylation sites is 1. The smallest absolute Gasteiger partial charge is 0.274 e. The maximum absolute atomic E-state index is 10.9. The van der Waals surface area contributed by atoms with Gasteiger partial charge >= 0.3 is 0 Å². The van der Waals surface area contributed by atoms with Crippen molar-refractivity contribution in [1.29, 1.82) is 0 Å². The van der Waals surface area contributed by atoms with Gasteiger partial charge in [0.1, 0.15) is 0 Å². The van der Waals surface area contributed by atoms with Crippen LogP contribution in [0, 0.1) is 10.1 Å². The van der Waals surface area contributed by atoms with Crippen LogP contribution in [0.4, 0.5) is 5.69 Å². The number of oxime groups is 1. The fourth-order valence-electron chi connectivity index (χ4n) is 2.21. The quantitative estimate of drug-likeness (QED) is 0.514. The molecule has 1 aromatic carbocycles. The molecule has 0 amide bonds. The first-order chi connectivity index (χ1) is 9.20. The van der Waals surface area contributed by atoms with Gasteiger partial charge in [-0.05, 0) is 31.7 Å². The lowest BCUT2D eigenvalue weighted by Gasteiger charge is -2.22. The van der Waals surface area contributed by atoms with Crippen molar-refractivity contribution in [3.05, 3.63) is 39.9 Å². The Bertz CT molecular complexity index is 477. The van der Waals surface area contributed by atoms with E-state index in [2.05, 4.69) is 5.16 Å². The van der Waals surface area contributed by atoms with E-state index in [9.17, 15) is 10.1 Å². The molecule has 0 atom stereocenters. The second kappa shape index (κ2) is 6.29. The number of rotatable bonds is 4. The number of hydrogen-bond acceptors (Lipinski definition) is 5. The molecule has 1 aliphatic carbocycles. The zero-order valence-electron chi connectivity index (χ0n) is 10.5. The van der Waals surface area contributed by atoms with Crippen LogP contribution in [-0.4, -0.2) is 21.9 Å². The van der Waals surface area contributed by atoms with Gasteiger partial charge in [0.25, 0.3) is 5.69 Å². The van der Waals surface area contributed by atoms with E-state index >= 15 is 0 Å². The molecule has 0 unspecified atom stereocenters. The predicted octanol–water partition coefficient (Wildman–Crippen LogP) is 2.88. The molecule has 0 aromatic heterocycles. The van der Waals surface area contributed by atoms with E-state index in [4.69, 9.17) is 9.94 Å². The molecule has 0 aliphatic heterocycles. The molecule has 1 N–H and O–H groups in total. The van der Waals surface area contributed by atoms with Crippen molar-refractivity contribution in [2.45, 2.75) is 38.4 Å². The summed E-state index contributed by atoms with van der Waals surface area (Å²) in [4.78, 5) is 10.5. The van der Waals surface area contributed by atoms with Gasteiger partial charge in [-0.15, -0.1) is 0 Å². The van der Waals surface area contributed by atoms with Gasteiger partial charge in [-0.1, -0.05) is 17.3 Å². The SMILES string of the molecule is O=[N+]([O-])c1ccccc1COC1CCC(=NO)CC1. The molecule has 1 aliphatic rings. The van der Waals surface area contributed by atoms with E-state index in [0.29, 0.717) is 5.56 Å². The van der Waals surface area contributed by atoms with Gasteiger partial charge in [0.15, 0.2) is 0 Å². The molecular formula is C13H16N2O4. The largest absolute Gasteiger partial charge is 0.411 e. The third kappa shape index (κ3) is 3.51. The van der Waals surface area contributed by atoms with E-state index in [-0.39, 0.29) is 18.4 Å². The Morgan fingerprint density at radius 2 is 2.05 bits per heavy atom. The molecule has 1 fully saturated rings. The molecule has 6 heteroatoms. The van der Waals surface area contributed by atoms with E-state index in [0.717, 1.165) is 31.4 Å². The first-order valence-electron chi connectivity index (χ1n) is 6.24. The maximum atomic E-state index is 10.9. The van der Waals surface area contributed by atoms with Crippen molar-refractivity contribution >= 4 is 11.4 Å². The van der Waals surface area contributed by atoms with Crippen LogP contribution in [0.1, 0.15) is 31.2 Å². The summed E-state index contributed by atoms with van der Waals surface area (Å²) in [7, 11) is 0. The van der Waals surface area contributed by atoms with Gasteiger partial charge in [0.2, 0.25) is 0 Å². The van der Waals surface area contributed by atoms with Gasteiger partial charge in [-0.25, -0.2) is 0 Å². The van der Waals surface area contributed by atoms with Crippen LogP contribution in [0.3, 0.4) is 0 Å². The Hall–Kier alpha value is -1.95. The highest BCUT2D eigenvalue weighted by molar-refractivity contribution is 5.84. The fraction of sp³-hybridized carbons (Fsp3) is 0.462. The van der Waals surface area contributed by atoms with E-state index in [1.54, 1.807) is 18.2 Å². The Balaban J connectivity index is 1.91. The second-order valence-electron chi connectivity index (χ2n) is 4.56. The topological polar surface area (TPSA) is 85.0 Å². The molecule has 0 radical (unpaired) electrons. The third-order valence-corrected chi connectivity index (χ3v) is 3.31. The summed E-state index contributed by atoms with van der Waals surface area (Å²) in [5, 5.41) is 22.7. The van der Waals surface area contributed by atoms with Crippen LogP contribution in [0.2, 0.25) is 0 Å². The molecule has 0 heterocycles. The molecule has 1 aromatic rings. The monoisotopic (exact) mass is 264 g/mol. The van der Waals surface area contributed by atoms with Crippen LogP contribution in [0.5, 0.6) is 0 Å². The summed E-state index contributed by atoms with van der Waals surface area (Å²) in [6.45, 7) is 0.243. The summed E-state index contributed by atoms with van der Waals surface area (Å²) in [6.07, 6.45) is 3.10. The summed E-state index contributed by atoms with van der Waals surface area (Å²) in [5.41, 5.74) is 1.48. The van der Waals surface area contributed by atoms with Crippen molar-refractivity contribution in [1.82, 2.24) is 0 Å². The Labute approximate surface area is 110 Å². The molecule has 1 saturated carbocycles. The molecule has 2 rings (SSSR count). The van der Waals surface area contributed by atoms with E-state index in [1.165, 1.54) is 6.07 Å². The normalized spacial score (nSPS) is 19.2. The Morgan fingerprint density at radius 3 is 2.68 bits per heavy atom. The summed E-state index contributed by atoms with van der Waals surface area (Å²) in [5.74, 6) is 0. The van der Waals surface area contributed by atoms with Crippen LogP contribution < -0.4 is 0 Å². The first kappa shape index (κ1) is 13.5. The molecule has 0 saturated heterocycles. The lowest BCUT2D eigenvalue weighted by Crippen LogP contribution is -2.21. The minimum Gasteiger partial charge on any atom is -0.411 e. The van der Waals surface area contributed by atoms with Crippen molar-refractivity contribution in [2.75, 3.05) is 0 Å². The maximum Gasteiger partial charge on any atom is 0.274 e. The number of nitro groups is 1. The summed E-state index contributed by atoms with van der Waals surface area (Å²) < 4.78 is 5.71. The fourth-order valence-corrected chi connectivity index (χ4v) is 2.21. The number of nitrogens with zero attached hydrogens (tertiary/aromatic N) is 2. The van der Waals surface area contributed by atoms with Gasteiger partial charge in [0, 0.05) is 6.07 Å². The van der Waals surface area contributed by atoms with Gasteiger partial charge in [0.05, 0.1) is 28.9 Å². The minimum absolute atomic E-state index is 0.0744. The van der Waals surface area contributed by atoms with E-state index < -0.39 is 4.92 Å². The molecule has 0 bridgehead atoms. The Kier molecular flexibility index (Phi) is 4.46. The lowest BCUT2D eigenvalue weighted by molar-refractivity contribution is -0.386. The van der Waals surface area contributed by atoms with Gasteiger partial charge in [-0.3, -0.25) is 10.1 Å². The number of benzene rings is 1. The number of nitro benzene ring substituents is 1. The average Bonchev–Trinajstić information content (AvgIpc) is 2.46. The zero-order valence-corrected chi connectivity index (χ0v) is 10.5. The summed E-state index contributed by atoms with van der Waals surface area (Å²) >= 11 is 0. The zero-order chi connectivity index (χ0) is 13.7. The highest BCUT2D eigenvalue weighted by atomic mass is 16.6. The molecule has 19 heavy (non-hydrogen) atoms. The van der Waals surface area contributed by atoms with Crippen molar-refractivity contribution in [3.8, 4) is 0 Å². The average molecular weight is 264 g/mol. The molecule has 0 spiro atoms. The third-order valence-electron chi connectivity index (χ3n) is 3.31. The standard InChI is InChI=1S/C13H16N2O4/c16-14-11-5-7-12(8-6-11)19-9-10-3-1-2-4-13(10)15(17)18/h1-4,12,16H,5-9H2. The predicted molar refractivity (Wildman–Crippen MR) is 69.4 cm³/mol. The van der Waals surface area contributed by atoms with Crippen LogP contribution >= 0.6 is 0 Å².